The number of hydrogen-bond acceptors (Lipinski definition) is 3. The van der Waals surface area contributed by atoms with Crippen molar-refractivity contribution in [2.75, 3.05) is 31.1 Å². The van der Waals surface area contributed by atoms with Crippen molar-refractivity contribution in [1.29, 1.82) is 0 Å². The Balaban J connectivity index is 2.00. The molecule has 0 aromatic heterocycles. The van der Waals surface area contributed by atoms with Crippen molar-refractivity contribution in [2.45, 2.75) is 27.3 Å². The fourth-order valence-corrected chi connectivity index (χ4v) is 2.53. The van der Waals surface area contributed by atoms with Crippen LogP contribution in [0.4, 0.5) is 5.69 Å². The van der Waals surface area contributed by atoms with Crippen molar-refractivity contribution in [3.63, 3.8) is 0 Å². The van der Waals surface area contributed by atoms with Gasteiger partial charge in [0, 0.05) is 25.3 Å². The normalized spacial score (nSPS) is 15.6. The maximum Gasteiger partial charge on any atom is 0.239 e. The summed E-state index contributed by atoms with van der Waals surface area (Å²) in [5, 5.41) is 6.32. The zero-order chi connectivity index (χ0) is 14.5. The van der Waals surface area contributed by atoms with Gasteiger partial charge < -0.3 is 15.5 Å². The molecule has 2 rings (SSSR count). The Morgan fingerprint density at radius 1 is 1.40 bits per heavy atom. The van der Waals surface area contributed by atoms with Gasteiger partial charge in [-0.3, -0.25) is 4.79 Å². The van der Waals surface area contributed by atoms with E-state index < -0.39 is 0 Å². The second kappa shape index (κ2) is 6.75. The molecule has 1 aromatic carbocycles. The summed E-state index contributed by atoms with van der Waals surface area (Å²) in [5.41, 5.74) is 3.71. The zero-order valence-electron chi connectivity index (χ0n) is 12.7. The van der Waals surface area contributed by atoms with Gasteiger partial charge in [0.1, 0.15) is 0 Å². The predicted octanol–water partition coefficient (Wildman–Crippen LogP) is 1.68. The van der Waals surface area contributed by atoms with E-state index in [1.165, 1.54) is 16.8 Å². The average Bonchev–Trinajstić information content (AvgIpc) is 2.38. The van der Waals surface area contributed by atoms with Gasteiger partial charge in [-0.25, -0.2) is 0 Å². The molecule has 1 aromatic rings. The van der Waals surface area contributed by atoms with Gasteiger partial charge in [-0.1, -0.05) is 26.0 Å². The van der Waals surface area contributed by atoms with Gasteiger partial charge in [0.2, 0.25) is 5.91 Å². The number of piperazine rings is 1. The zero-order valence-corrected chi connectivity index (χ0v) is 12.7. The minimum absolute atomic E-state index is 0.110. The lowest BCUT2D eigenvalue weighted by Gasteiger charge is -2.30. The molecular weight excluding hydrogens is 250 g/mol. The topological polar surface area (TPSA) is 44.4 Å². The van der Waals surface area contributed by atoms with Gasteiger partial charge >= 0.3 is 0 Å². The van der Waals surface area contributed by atoms with Crippen LogP contribution in [-0.4, -0.2) is 32.1 Å². The molecule has 4 heteroatoms. The smallest absolute Gasteiger partial charge is 0.239 e. The second-order valence-electron chi connectivity index (χ2n) is 5.92. The lowest BCUT2D eigenvalue weighted by Crippen LogP contribution is -2.47. The number of amides is 1. The predicted molar refractivity (Wildman–Crippen MR) is 82.9 cm³/mol. The Hall–Kier alpha value is -1.55. The van der Waals surface area contributed by atoms with Crippen LogP contribution in [0.1, 0.15) is 25.0 Å². The van der Waals surface area contributed by atoms with E-state index in [2.05, 4.69) is 54.5 Å². The van der Waals surface area contributed by atoms with Crippen molar-refractivity contribution in [3.8, 4) is 0 Å². The Morgan fingerprint density at radius 2 is 2.20 bits per heavy atom. The quantitative estimate of drug-likeness (QED) is 0.859. The highest BCUT2D eigenvalue weighted by molar-refractivity contribution is 5.83. The molecule has 0 atom stereocenters. The van der Waals surface area contributed by atoms with E-state index in [-0.39, 0.29) is 5.91 Å². The number of nitrogens with one attached hydrogen (secondary N) is 2. The third-order valence-electron chi connectivity index (χ3n) is 3.52. The first-order chi connectivity index (χ1) is 9.56. The van der Waals surface area contributed by atoms with E-state index in [9.17, 15) is 4.79 Å². The van der Waals surface area contributed by atoms with Gasteiger partial charge in [-0.2, -0.15) is 0 Å². The molecule has 0 radical (unpaired) electrons. The van der Waals surface area contributed by atoms with Crippen molar-refractivity contribution >= 4 is 11.6 Å². The highest BCUT2D eigenvalue weighted by atomic mass is 16.2. The van der Waals surface area contributed by atoms with Crippen LogP contribution >= 0.6 is 0 Å². The van der Waals surface area contributed by atoms with E-state index in [0.29, 0.717) is 12.5 Å². The van der Waals surface area contributed by atoms with Crippen LogP contribution in [0, 0.1) is 12.8 Å². The summed E-state index contributed by atoms with van der Waals surface area (Å²) >= 11 is 0. The molecule has 1 heterocycles. The highest BCUT2D eigenvalue weighted by Crippen LogP contribution is 2.21. The Labute approximate surface area is 121 Å². The number of aryl methyl sites for hydroxylation is 1. The van der Waals surface area contributed by atoms with Crippen molar-refractivity contribution in [3.05, 3.63) is 29.3 Å². The molecular formula is C16H25N3O. The van der Waals surface area contributed by atoms with Crippen molar-refractivity contribution in [2.24, 2.45) is 5.92 Å². The van der Waals surface area contributed by atoms with Gasteiger partial charge in [0.05, 0.1) is 6.54 Å². The SMILES string of the molecule is Cc1cc(CNCC(C)C)ccc1N1CCNC(=O)C1. The summed E-state index contributed by atoms with van der Waals surface area (Å²) < 4.78 is 0. The molecule has 1 aliphatic rings. The summed E-state index contributed by atoms with van der Waals surface area (Å²) in [6.45, 7) is 10.6. The van der Waals surface area contributed by atoms with Gasteiger partial charge in [-0.15, -0.1) is 0 Å². The number of nitrogens with zero attached hydrogens (tertiary/aromatic N) is 1. The third kappa shape index (κ3) is 3.97. The molecule has 20 heavy (non-hydrogen) atoms. The number of carbonyl (C=O) groups excluding carboxylic acids is 1. The van der Waals surface area contributed by atoms with Gasteiger partial charge in [0.15, 0.2) is 0 Å². The largest absolute Gasteiger partial charge is 0.360 e. The number of anilines is 1. The standard InChI is InChI=1S/C16H25N3O/c1-12(2)9-17-10-14-4-5-15(13(3)8-14)19-7-6-18-16(20)11-19/h4-5,8,12,17H,6-7,9-11H2,1-3H3,(H,18,20). The maximum absolute atomic E-state index is 11.5. The van der Waals surface area contributed by atoms with Crippen molar-refractivity contribution < 1.29 is 4.79 Å². The first kappa shape index (κ1) is 14.9. The molecule has 110 valence electrons. The molecule has 2 N–H and O–H groups in total. The fraction of sp³-hybridized carbons (Fsp3) is 0.562. The van der Waals surface area contributed by atoms with Crippen LogP contribution in [-0.2, 0) is 11.3 Å². The molecule has 0 bridgehead atoms. The van der Waals surface area contributed by atoms with Crippen LogP contribution in [0.5, 0.6) is 0 Å². The van der Waals surface area contributed by atoms with E-state index in [4.69, 9.17) is 0 Å². The second-order valence-corrected chi connectivity index (χ2v) is 5.92. The van der Waals surface area contributed by atoms with E-state index in [1.807, 2.05) is 0 Å². The number of carbonyl (C=O) groups is 1. The van der Waals surface area contributed by atoms with E-state index in [1.54, 1.807) is 0 Å². The first-order valence-electron chi connectivity index (χ1n) is 7.38. The fourth-order valence-electron chi connectivity index (χ4n) is 2.53. The molecule has 1 amide bonds. The Bertz CT molecular complexity index is 471. The average molecular weight is 275 g/mol. The van der Waals surface area contributed by atoms with Crippen LogP contribution in [0.25, 0.3) is 0 Å². The van der Waals surface area contributed by atoms with Crippen LogP contribution in [0.15, 0.2) is 18.2 Å². The molecule has 0 saturated carbocycles. The number of rotatable bonds is 5. The monoisotopic (exact) mass is 275 g/mol. The number of hydrogen-bond donors (Lipinski definition) is 2. The van der Waals surface area contributed by atoms with Gasteiger partial charge in [-0.05, 0) is 36.6 Å². The molecule has 4 nitrogen and oxygen atoms in total. The van der Waals surface area contributed by atoms with E-state index >= 15 is 0 Å². The summed E-state index contributed by atoms with van der Waals surface area (Å²) in [6.07, 6.45) is 0. The molecule has 1 saturated heterocycles. The minimum Gasteiger partial charge on any atom is -0.360 e. The van der Waals surface area contributed by atoms with Crippen LogP contribution in [0.3, 0.4) is 0 Å². The summed E-state index contributed by atoms with van der Waals surface area (Å²) in [4.78, 5) is 13.6. The lowest BCUT2D eigenvalue weighted by molar-refractivity contribution is -0.120. The van der Waals surface area contributed by atoms with E-state index in [0.717, 1.165) is 26.2 Å². The Morgan fingerprint density at radius 3 is 2.85 bits per heavy atom. The maximum atomic E-state index is 11.5. The first-order valence-corrected chi connectivity index (χ1v) is 7.38. The summed E-state index contributed by atoms with van der Waals surface area (Å²) in [7, 11) is 0. The number of benzene rings is 1. The van der Waals surface area contributed by atoms with Crippen molar-refractivity contribution in [1.82, 2.24) is 10.6 Å². The molecule has 1 aliphatic heterocycles. The molecule has 0 aliphatic carbocycles. The molecule has 1 fully saturated rings. The highest BCUT2D eigenvalue weighted by Gasteiger charge is 2.17. The lowest BCUT2D eigenvalue weighted by atomic mass is 10.1. The van der Waals surface area contributed by atoms with Gasteiger partial charge in [0.25, 0.3) is 0 Å². The third-order valence-corrected chi connectivity index (χ3v) is 3.52. The van der Waals surface area contributed by atoms with Crippen LogP contribution in [0.2, 0.25) is 0 Å². The minimum atomic E-state index is 0.110. The summed E-state index contributed by atoms with van der Waals surface area (Å²) in [6, 6.07) is 6.51. The molecule has 0 unspecified atom stereocenters. The summed E-state index contributed by atoms with van der Waals surface area (Å²) in [5.74, 6) is 0.778. The molecule has 0 spiro atoms. The van der Waals surface area contributed by atoms with Crippen LogP contribution < -0.4 is 15.5 Å². The Kier molecular flexibility index (Phi) is 5.01.